The summed E-state index contributed by atoms with van der Waals surface area (Å²) in [6, 6.07) is 15.1. The Hall–Kier alpha value is -2.11. The summed E-state index contributed by atoms with van der Waals surface area (Å²) in [6.07, 6.45) is 3.07. The highest BCUT2D eigenvalue weighted by molar-refractivity contribution is 5.83. The second-order valence-corrected chi connectivity index (χ2v) is 7.02. The summed E-state index contributed by atoms with van der Waals surface area (Å²) in [5.74, 6) is 1.43. The van der Waals surface area contributed by atoms with Gasteiger partial charge in [0.15, 0.2) is 5.96 Å². The van der Waals surface area contributed by atoms with Gasteiger partial charge in [-0.1, -0.05) is 42.5 Å². The average Bonchev–Trinajstić information content (AvgIpc) is 3.22. The highest BCUT2D eigenvalue weighted by Gasteiger charge is 2.15. The molecule has 0 radical (unpaired) electrons. The van der Waals surface area contributed by atoms with Crippen molar-refractivity contribution >= 4 is 16.7 Å². The molecule has 27 heavy (non-hydrogen) atoms. The van der Waals surface area contributed by atoms with Crippen LogP contribution in [0.2, 0.25) is 0 Å². The standard InChI is InChI=1S/C22H31N3O2/c1-23-22(24-11-4-13-26-16-19-10-14-27-17-19)25-12-9-18-7-8-20-5-2-3-6-21(20)15-18/h2-3,5-8,15,19H,4,9-14,16-17H2,1H3,(H2,23,24,25). The largest absolute Gasteiger partial charge is 0.381 e. The van der Waals surface area contributed by atoms with E-state index < -0.39 is 0 Å². The van der Waals surface area contributed by atoms with Crippen LogP contribution in [-0.4, -0.2) is 52.5 Å². The molecule has 1 atom stereocenters. The third kappa shape index (κ3) is 6.52. The van der Waals surface area contributed by atoms with Gasteiger partial charge in [0.25, 0.3) is 0 Å². The molecular weight excluding hydrogens is 338 g/mol. The van der Waals surface area contributed by atoms with E-state index in [9.17, 15) is 0 Å². The van der Waals surface area contributed by atoms with Crippen LogP contribution in [0, 0.1) is 5.92 Å². The Morgan fingerprint density at radius 3 is 2.81 bits per heavy atom. The number of hydrogen-bond donors (Lipinski definition) is 2. The van der Waals surface area contributed by atoms with Gasteiger partial charge in [0, 0.05) is 39.3 Å². The Balaban J connectivity index is 1.29. The van der Waals surface area contributed by atoms with E-state index in [1.807, 2.05) is 7.05 Å². The van der Waals surface area contributed by atoms with Crippen molar-refractivity contribution in [2.24, 2.45) is 10.9 Å². The summed E-state index contributed by atoms with van der Waals surface area (Å²) in [5.41, 5.74) is 1.33. The molecule has 1 aliphatic heterocycles. The fourth-order valence-electron chi connectivity index (χ4n) is 3.29. The molecule has 0 spiro atoms. The summed E-state index contributed by atoms with van der Waals surface area (Å²) in [7, 11) is 1.81. The van der Waals surface area contributed by atoms with Crippen molar-refractivity contribution in [3.63, 3.8) is 0 Å². The van der Waals surface area contributed by atoms with Gasteiger partial charge in [-0.2, -0.15) is 0 Å². The Morgan fingerprint density at radius 1 is 1.15 bits per heavy atom. The summed E-state index contributed by atoms with van der Waals surface area (Å²) in [5, 5.41) is 9.31. The monoisotopic (exact) mass is 369 g/mol. The number of nitrogens with zero attached hydrogens (tertiary/aromatic N) is 1. The van der Waals surface area contributed by atoms with Gasteiger partial charge in [-0.05, 0) is 35.6 Å². The molecule has 0 aliphatic carbocycles. The van der Waals surface area contributed by atoms with Crippen molar-refractivity contribution in [3.8, 4) is 0 Å². The summed E-state index contributed by atoms with van der Waals surface area (Å²) >= 11 is 0. The van der Waals surface area contributed by atoms with Gasteiger partial charge in [-0.25, -0.2) is 0 Å². The zero-order chi connectivity index (χ0) is 18.7. The topological polar surface area (TPSA) is 54.9 Å². The fourth-order valence-corrected chi connectivity index (χ4v) is 3.29. The van der Waals surface area contributed by atoms with Crippen LogP contribution >= 0.6 is 0 Å². The minimum absolute atomic E-state index is 0.586. The predicted octanol–water partition coefficient (Wildman–Crippen LogP) is 2.99. The quantitative estimate of drug-likeness (QED) is 0.405. The Labute approximate surface area is 162 Å². The van der Waals surface area contributed by atoms with Crippen molar-refractivity contribution in [1.29, 1.82) is 0 Å². The number of ether oxygens (including phenoxy) is 2. The molecule has 2 aromatic rings. The minimum atomic E-state index is 0.586. The van der Waals surface area contributed by atoms with Gasteiger partial charge in [-0.15, -0.1) is 0 Å². The number of fused-ring (bicyclic) bond motifs is 1. The molecule has 2 N–H and O–H groups in total. The van der Waals surface area contributed by atoms with E-state index in [-0.39, 0.29) is 0 Å². The molecule has 0 bridgehead atoms. The minimum Gasteiger partial charge on any atom is -0.381 e. The molecule has 2 aromatic carbocycles. The molecule has 1 fully saturated rings. The Kier molecular flexibility index (Phi) is 7.93. The van der Waals surface area contributed by atoms with Gasteiger partial charge >= 0.3 is 0 Å². The molecule has 1 saturated heterocycles. The smallest absolute Gasteiger partial charge is 0.190 e. The lowest BCUT2D eigenvalue weighted by molar-refractivity contribution is 0.0888. The van der Waals surface area contributed by atoms with E-state index in [2.05, 4.69) is 58.1 Å². The van der Waals surface area contributed by atoms with E-state index in [1.54, 1.807) is 0 Å². The first-order valence-corrected chi connectivity index (χ1v) is 9.93. The molecule has 0 aromatic heterocycles. The van der Waals surface area contributed by atoms with Crippen LogP contribution in [0.15, 0.2) is 47.5 Å². The number of hydrogen-bond acceptors (Lipinski definition) is 3. The SMILES string of the molecule is CN=C(NCCCOCC1CCOC1)NCCc1ccc2ccccc2c1. The number of benzene rings is 2. The highest BCUT2D eigenvalue weighted by atomic mass is 16.5. The maximum atomic E-state index is 5.73. The average molecular weight is 370 g/mol. The van der Waals surface area contributed by atoms with Crippen LogP contribution in [0.25, 0.3) is 10.8 Å². The molecule has 5 heteroatoms. The van der Waals surface area contributed by atoms with Crippen LogP contribution in [-0.2, 0) is 15.9 Å². The third-order valence-electron chi connectivity index (χ3n) is 4.88. The normalized spacial score (nSPS) is 17.4. The Morgan fingerprint density at radius 2 is 2.00 bits per heavy atom. The van der Waals surface area contributed by atoms with E-state index in [1.165, 1.54) is 16.3 Å². The predicted molar refractivity (Wildman–Crippen MR) is 111 cm³/mol. The zero-order valence-electron chi connectivity index (χ0n) is 16.2. The van der Waals surface area contributed by atoms with E-state index in [0.717, 1.165) is 64.7 Å². The zero-order valence-corrected chi connectivity index (χ0v) is 16.2. The first-order chi connectivity index (χ1) is 13.3. The third-order valence-corrected chi connectivity index (χ3v) is 4.88. The number of rotatable bonds is 9. The van der Waals surface area contributed by atoms with Crippen LogP contribution in [0.1, 0.15) is 18.4 Å². The van der Waals surface area contributed by atoms with Crippen molar-refractivity contribution in [2.75, 3.05) is 46.6 Å². The van der Waals surface area contributed by atoms with Crippen LogP contribution < -0.4 is 10.6 Å². The molecule has 1 unspecified atom stereocenters. The highest BCUT2D eigenvalue weighted by Crippen LogP contribution is 2.15. The Bertz CT molecular complexity index is 726. The molecule has 0 saturated carbocycles. The first kappa shape index (κ1) is 19.6. The second kappa shape index (κ2) is 10.9. The summed E-state index contributed by atoms with van der Waals surface area (Å²) in [4.78, 5) is 4.29. The fraction of sp³-hybridized carbons (Fsp3) is 0.500. The molecule has 5 nitrogen and oxygen atoms in total. The molecule has 1 heterocycles. The lowest BCUT2D eigenvalue weighted by Gasteiger charge is -2.13. The summed E-state index contributed by atoms with van der Waals surface area (Å²) < 4.78 is 11.1. The van der Waals surface area contributed by atoms with Crippen LogP contribution in [0.3, 0.4) is 0 Å². The maximum absolute atomic E-state index is 5.73. The van der Waals surface area contributed by atoms with Gasteiger partial charge in [0.2, 0.25) is 0 Å². The van der Waals surface area contributed by atoms with E-state index in [0.29, 0.717) is 5.92 Å². The van der Waals surface area contributed by atoms with Crippen molar-refractivity contribution in [1.82, 2.24) is 10.6 Å². The van der Waals surface area contributed by atoms with Gasteiger partial charge in [-0.3, -0.25) is 4.99 Å². The van der Waals surface area contributed by atoms with Crippen molar-refractivity contribution < 1.29 is 9.47 Å². The van der Waals surface area contributed by atoms with Crippen molar-refractivity contribution in [3.05, 3.63) is 48.0 Å². The number of aliphatic imine (C=N–C) groups is 1. The molecule has 0 amide bonds. The van der Waals surface area contributed by atoms with Crippen LogP contribution in [0.4, 0.5) is 0 Å². The summed E-state index contributed by atoms with van der Waals surface area (Å²) in [6.45, 7) is 5.05. The van der Waals surface area contributed by atoms with Crippen molar-refractivity contribution in [2.45, 2.75) is 19.3 Å². The van der Waals surface area contributed by atoms with Gasteiger partial charge in [0.05, 0.1) is 13.2 Å². The lowest BCUT2D eigenvalue weighted by atomic mass is 10.1. The molecular formula is C22H31N3O2. The first-order valence-electron chi connectivity index (χ1n) is 9.93. The lowest BCUT2D eigenvalue weighted by Crippen LogP contribution is -2.39. The maximum Gasteiger partial charge on any atom is 0.190 e. The van der Waals surface area contributed by atoms with E-state index >= 15 is 0 Å². The van der Waals surface area contributed by atoms with Gasteiger partial charge in [0.1, 0.15) is 0 Å². The molecule has 146 valence electrons. The molecule has 1 aliphatic rings. The van der Waals surface area contributed by atoms with Gasteiger partial charge < -0.3 is 20.1 Å². The number of guanidine groups is 1. The second-order valence-electron chi connectivity index (χ2n) is 7.02. The number of nitrogens with one attached hydrogen (secondary N) is 2. The van der Waals surface area contributed by atoms with E-state index in [4.69, 9.17) is 9.47 Å². The van der Waals surface area contributed by atoms with Crippen LogP contribution in [0.5, 0.6) is 0 Å². The molecule has 3 rings (SSSR count).